The van der Waals surface area contributed by atoms with Gasteiger partial charge in [-0.1, -0.05) is 13.3 Å². The molecule has 1 rings (SSSR count). The van der Waals surface area contributed by atoms with Gasteiger partial charge in [-0.3, -0.25) is 9.59 Å². The van der Waals surface area contributed by atoms with E-state index in [-0.39, 0.29) is 25.1 Å². The van der Waals surface area contributed by atoms with Gasteiger partial charge in [0.05, 0.1) is 6.61 Å². The Hall–Kier alpha value is -1.79. The Kier molecular flexibility index (Phi) is 8.19. The highest BCUT2D eigenvalue weighted by Gasteiger charge is 2.35. The summed E-state index contributed by atoms with van der Waals surface area (Å²) in [6, 6.07) is -0.682. The van der Waals surface area contributed by atoms with Crippen LogP contribution in [0.1, 0.15) is 66.7 Å². The highest BCUT2D eigenvalue weighted by Crippen LogP contribution is 2.22. The molecule has 144 valence electrons. The van der Waals surface area contributed by atoms with Crippen molar-refractivity contribution in [3.8, 4) is 0 Å². The molecule has 0 aliphatic carbocycles. The lowest BCUT2D eigenvalue weighted by atomic mass is 10.0. The van der Waals surface area contributed by atoms with Crippen molar-refractivity contribution in [1.29, 1.82) is 0 Å². The summed E-state index contributed by atoms with van der Waals surface area (Å²) in [5, 5.41) is 2.66. The van der Waals surface area contributed by atoms with Gasteiger partial charge in [-0.25, -0.2) is 4.79 Å². The first kappa shape index (κ1) is 21.3. The van der Waals surface area contributed by atoms with E-state index in [0.717, 1.165) is 25.7 Å². The van der Waals surface area contributed by atoms with Crippen LogP contribution < -0.4 is 5.32 Å². The summed E-state index contributed by atoms with van der Waals surface area (Å²) in [6.45, 7) is 9.29. The largest absolute Gasteiger partial charge is 0.465 e. The molecule has 0 saturated carbocycles. The molecule has 1 aliphatic heterocycles. The molecular weight excluding hydrogens is 324 g/mol. The number of carbonyl (C=O) groups excluding carboxylic acids is 3. The van der Waals surface area contributed by atoms with Crippen LogP contribution in [0, 0.1) is 0 Å². The average molecular weight is 356 g/mol. The van der Waals surface area contributed by atoms with Gasteiger partial charge < -0.3 is 19.7 Å². The molecule has 7 heteroatoms. The number of hydrogen-bond acceptors (Lipinski definition) is 5. The van der Waals surface area contributed by atoms with E-state index in [0.29, 0.717) is 6.42 Å². The molecular formula is C18H32N2O5. The van der Waals surface area contributed by atoms with Crippen LogP contribution in [0.5, 0.6) is 0 Å². The van der Waals surface area contributed by atoms with Gasteiger partial charge in [-0.15, -0.1) is 0 Å². The highest BCUT2D eigenvalue weighted by atomic mass is 16.6. The molecule has 0 radical (unpaired) electrons. The number of amides is 2. The summed E-state index contributed by atoms with van der Waals surface area (Å²) in [5.41, 5.74) is -0.632. The SMILES string of the molecule is CCC[C@H]1CCC[C@H](NC(=O)OC(C)(C)C)C(=O)N1CC(=O)OCC. The third kappa shape index (κ3) is 7.32. The Morgan fingerprint density at radius 1 is 1.24 bits per heavy atom. The maximum Gasteiger partial charge on any atom is 0.408 e. The van der Waals surface area contributed by atoms with Gasteiger partial charge in [0, 0.05) is 6.04 Å². The minimum Gasteiger partial charge on any atom is -0.465 e. The molecule has 7 nitrogen and oxygen atoms in total. The van der Waals surface area contributed by atoms with E-state index in [1.54, 1.807) is 32.6 Å². The Morgan fingerprint density at radius 3 is 2.48 bits per heavy atom. The zero-order valence-electron chi connectivity index (χ0n) is 16.1. The summed E-state index contributed by atoms with van der Waals surface area (Å²) in [4.78, 5) is 38.4. The molecule has 0 aromatic heterocycles. The zero-order chi connectivity index (χ0) is 19.0. The van der Waals surface area contributed by atoms with Crippen LogP contribution in [-0.2, 0) is 19.1 Å². The van der Waals surface area contributed by atoms with E-state index in [9.17, 15) is 14.4 Å². The van der Waals surface area contributed by atoms with E-state index in [1.807, 2.05) is 6.92 Å². The van der Waals surface area contributed by atoms with Crippen LogP contribution >= 0.6 is 0 Å². The van der Waals surface area contributed by atoms with Gasteiger partial charge in [0.1, 0.15) is 18.2 Å². The number of esters is 1. The third-order valence-electron chi connectivity index (χ3n) is 3.97. The smallest absolute Gasteiger partial charge is 0.408 e. The van der Waals surface area contributed by atoms with Crippen molar-refractivity contribution in [3.05, 3.63) is 0 Å². The van der Waals surface area contributed by atoms with Crippen LogP contribution in [0.3, 0.4) is 0 Å². The normalized spacial score (nSPS) is 21.5. The molecule has 0 aromatic rings. The number of nitrogens with one attached hydrogen (secondary N) is 1. The summed E-state index contributed by atoms with van der Waals surface area (Å²) in [6.07, 6.45) is 3.28. The van der Waals surface area contributed by atoms with Gasteiger partial charge in [0.25, 0.3) is 0 Å². The van der Waals surface area contributed by atoms with Crippen molar-refractivity contribution in [2.75, 3.05) is 13.2 Å². The second kappa shape index (κ2) is 9.63. The van der Waals surface area contributed by atoms with Crippen molar-refractivity contribution in [1.82, 2.24) is 10.2 Å². The molecule has 1 saturated heterocycles. The minimum atomic E-state index is -0.675. The quantitative estimate of drug-likeness (QED) is 0.740. The van der Waals surface area contributed by atoms with Crippen molar-refractivity contribution in [3.63, 3.8) is 0 Å². The zero-order valence-corrected chi connectivity index (χ0v) is 16.1. The molecule has 2 amide bonds. The second-order valence-electron chi connectivity index (χ2n) is 7.34. The van der Waals surface area contributed by atoms with Gasteiger partial charge in [0.15, 0.2) is 0 Å². The number of nitrogens with zero attached hydrogens (tertiary/aromatic N) is 1. The Morgan fingerprint density at radius 2 is 1.92 bits per heavy atom. The van der Waals surface area contributed by atoms with E-state index < -0.39 is 23.7 Å². The first-order valence-electron chi connectivity index (χ1n) is 9.13. The van der Waals surface area contributed by atoms with Crippen LogP contribution in [0.25, 0.3) is 0 Å². The van der Waals surface area contributed by atoms with Gasteiger partial charge in [-0.2, -0.15) is 0 Å². The molecule has 1 fully saturated rings. The fourth-order valence-electron chi connectivity index (χ4n) is 2.99. The average Bonchev–Trinajstić information content (AvgIpc) is 2.60. The predicted octanol–water partition coefficient (Wildman–Crippen LogP) is 2.62. The summed E-state index contributed by atoms with van der Waals surface area (Å²) in [5.74, 6) is -0.662. The Balaban J connectivity index is 2.85. The summed E-state index contributed by atoms with van der Waals surface area (Å²) < 4.78 is 10.2. The monoisotopic (exact) mass is 356 g/mol. The topological polar surface area (TPSA) is 84.9 Å². The molecule has 1 N–H and O–H groups in total. The molecule has 25 heavy (non-hydrogen) atoms. The summed E-state index contributed by atoms with van der Waals surface area (Å²) >= 11 is 0. The van der Waals surface area contributed by atoms with Gasteiger partial charge in [0.2, 0.25) is 5.91 Å². The van der Waals surface area contributed by atoms with Crippen LogP contribution in [-0.4, -0.2) is 53.7 Å². The maximum atomic E-state index is 12.9. The number of likely N-dealkylation sites (tertiary alicyclic amines) is 1. The number of hydrogen-bond donors (Lipinski definition) is 1. The standard InChI is InChI=1S/C18H32N2O5/c1-6-9-13-10-8-11-14(19-17(23)25-18(3,4)5)16(22)20(13)12-15(21)24-7-2/h13-14H,6-12H2,1-5H3,(H,19,23)/t13-,14-/m0/s1. The first-order chi connectivity index (χ1) is 11.7. The summed E-state index contributed by atoms with van der Waals surface area (Å²) in [7, 11) is 0. The molecule has 2 atom stereocenters. The van der Waals surface area contributed by atoms with Gasteiger partial charge in [-0.05, 0) is 53.4 Å². The second-order valence-corrected chi connectivity index (χ2v) is 7.34. The van der Waals surface area contributed by atoms with Crippen molar-refractivity contribution in [2.24, 2.45) is 0 Å². The predicted molar refractivity (Wildman–Crippen MR) is 94.1 cm³/mol. The number of carbonyl (C=O) groups is 3. The van der Waals surface area contributed by atoms with Crippen LogP contribution in [0.2, 0.25) is 0 Å². The fourth-order valence-corrected chi connectivity index (χ4v) is 2.99. The Labute approximate surface area is 150 Å². The lowest BCUT2D eigenvalue weighted by Crippen LogP contribution is -2.52. The minimum absolute atomic E-state index is 0.00709. The number of alkyl carbamates (subject to hydrolysis) is 1. The first-order valence-corrected chi connectivity index (χ1v) is 9.13. The van der Waals surface area contributed by atoms with Crippen molar-refractivity contribution >= 4 is 18.0 Å². The van der Waals surface area contributed by atoms with Crippen LogP contribution in [0.15, 0.2) is 0 Å². The molecule has 0 spiro atoms. The third-order valence-corrected chi connectivity index (χ3v) is 3.97. The van der Waals surface area contributed by atoms with E-state index in [4.69, 9.17) is 9.47 Å². The molecule has 1 heterocycles. The van der Waals surface area contributed by atoms with Crippen LogP contribution in [0.4, 0.5) is 4.79 Å². The number of ether oxygens (including phenoxy) is 2. The lowest BCUT2D eigenvalue weighted by Gasteiger charge is -2.31. The van der Waals surface area contributed by atoms with E-state index >= 15 is 0 Å². The van der Waals surface area contributed by atoms with E-state index in [2.05, 4.69) is 5.32 Å². The van der Waals surface area contributed by atoms with Crippen molar-refractivity contribution in [2.45, 2.75) is 84.4 Å². The lowest BCUT2D eigenvalue weighted by molar-refractivity contribution is -0.151. The molecule has 0 unspecified atom stereocenters. The van der Waals surface area contributed by atoms with Crippen molar-refractivity contribution < 1.29 is 23.9 Å². The fraction of sp³-hybridized carbons (Fsp3) is 0.833. The molecule has 0 aromatic carbocycles. The number of rotatable bonds is 6. The molecule has 0 bridgehead atoms. The van der Waals surface area contributed by atoms with E-state index in [1.165, 1.54) is 0 Å². The highest BCUT2D eigenvalue weighted by molar-refractivity contribution is 5.88. The van der Waals surface area contributed by atoms with Gasteiger partial charge >= 0.3 is 12.1 Å². The Bertz CT molecular complexity index is 473. The maximum absolute atomic E-state index is 12.9. The molecule has 1 aliphatic rings.